The number of hydrogen-bond acceptors (Lipinski definition) is 3. The van der Waals surface area contributed by atoms with Crippen LogP contribution in [0.25, 0.3) is 0 Å². The average Bonchev–Trinajstić information content (AvgIpc) is 2.69. The minimum Gasteiger partial charge on any atom is -0.264 e. The van der Waals surface area contributed by atoms with E-state index in [1.807, 2.05) is 23.9 Å². The van der Waals surface area contributed by atoms with E-state index in [1.165, 1.54) is 5.56 Å². The van der Waals surface area contributed by atoms with Crippen molar-refractivity contribution in [2.24, 2.45) is 0 Å². The molecule has 2 rings (SSSR count). The summed E-state index contributed by atoms with van der Waals surface area (Å²) < 4.78 is 2.03. The van der Waals surface area contributed by atoms with E-state index in [0.29, 0.717) is 0 Å². The van der Waals surface area contributed by atoms with Gasteiger partial charge in [-0.15, -0.1) is 0 Å². The number of hydrogen-bond donors (Lipinski definition) is 0. The van der Waals surface area contributed by atoms with Crippen molar-refractivity contribution in [2.45, 2.75) is 46.1 Å². The van der Waals surface area contributed by atoms with Gasteiger partial charge in [0.05, 0.1) is 5.54 Å². The van der Waals surface area contributed by atoms with Gasteiger partial charge in [-0.2, -0.15) is 5.10 Å². The van der Waals surface area contributed by atoms with Crippen LogP contribution in [-0.4, -0.2) is 19.7 Å². The number of pyridine rings is 1. The van der Waals surface area contributed by atoms with Crippen LogP contribution in [0.2, 0.25) is 0 Å². The van der Waals surface area contributed by atoms with E-state index >= 15 is 0 Å². The maximum atomic E-state index is 4.52. The van der Waals surface area contributed by atoms with Gasteiger partial charge in [-0.05, 0) is 45.7 Å². The Balaban J connectivity index is 2.15. The molecule has 0 aromatic carbocycles. The molecule has 0 saturated heterocycles. The third-order valence-corrected chi connectivity index (χ3v) is 2.78. The van der Waals surface area contributed by atoms with Gasteiger partial charge in [0, 0.05) is 18.8 Å². The lowest BCUT2D eigenvalue weighted by molar-refractivity contribution is 0.340. The fourth-order valence-electron chi connectivity index (χ4n) is 1.96. The first kappa shape index (κ1) is 12.7. The van der Waals surface area contributed by atoms with E-state index in [1.54, 1.807) is 6.20 Å². The number of rotatable bonds is 3. The molecule has 0 N–H and O–H groups in total. The highest BCUT2D eigenvalue weighted by molar-refractivity contribution is 5.10. The molecule has 0 saturated carbocycles. The second kappa shape index (κ2) is 4.88. The van der Waals surface area contributed by atoms with E-state index in [0.717, 1.165) is 24.5 Å². The Morgan fingerprint density at radius 2 is 2.00 bits per heavy atom. The van der Waals surface area contributed by atoms with Gasteiger partial charge < -0.3 is 0 Å². The van der Waals surface area contributed by atoms with Crippen molar-refractivity contribution in [1.29, 1.82) is 0 Å². The fourth-order valence-corrected chi connectivity index (χ4v) is 1.96. The summed E-state index contributed by atoms with van der Waals surface area (Å²) in [5, 5.41) is 4.48. The molecule has 0 amide bonds. The molecule has 4 heteroatoms. The van der Waals surface area contributed by atoms with Crippen molar-refractivity contribution in [2.75, 3.05) is 0 Å². The van der Waals surface area contributed by atoms with E-state index in [-0.39, 0.29) is 5.54 Å². The van der Waals surface area contributed by atoms with Crippen LogP contribution in [0.1, 0.15) is 38.0 Å². The maximum absolute atomic E-state index is 4.52. The zero-order valence-corrected chi connectivity index (χ0v) is 11.5. The van der Waals surface area contributed by atoms with E-state index in [2.05, 4.69) is 41.9 Å². The summed E-state index contributed by atoms with van der Waals surface area (Å²) in [6, 6.07) is 4.06. The van der Waals surface area contributed by atoms with E-state index in [9.17, 15) is 0 Å². The largest absolute Gasteiger partial charge is 0.264 e. The smallest absolute Gasteiger partial charge is 0.147 e. The lowest BCUT2D eigenvalue weighted by Crippen LogP contribution is -2.25. The quantitative estimate of drug-likeness (QED) is 0.833. The lowest BCUT2D eigenvalue weighted by atomic mass is 10.1. The molecule has 4 nitrogen and oxygen atoms in total. The molecule has 2 aromatic heterocycles. The Hall–Kier alpha value is -1.71. The van der Waals surface area contributed by atoms with Gasteiger partial charge in [0.1, 0.15) is 11.6 Å². The molecule has 0 aliphatic carbocycles. The molecule has 0 aliphatic rings. The van der Waals surface area contributed by atoms with Crippen LogP contribution in [0.3, 0.4) is 0 Å². The molecular formula is C14H20N4. The topological polar surface area (TPSA) is 43.6 Å². The highest BCUT2D eigenvalue weighted by atomic mass is 15.4. The van der Waals surface area contributed by atoms with Gasteiger partial charge in [0.25, 0.3) is 0 Å². The maximum Gasteiger partial charge on any atom is 0.147 e. The summed E-state index contributed by atoms with van der Waals surface area (Å²) in [5.74, 6) is 1.88. The van der Waals surface area contributed by atoms with Crippen LogP contribution in [0.4, 0.5) is 0 Å². The second-order valence-corrected chi connectivity index (χ2v) is 5.52. The van der Waals surface area contributed by atoms with Crippen molar-refractivity contribution in [1.82, 2.24) is 19.7 Å². The van der Waals surface area contributed by atoms with Crippen LogP contribution in [0.15, 0.2) is 24.5 Å². The third-order valence-electron chi connectivity index (χ3n) is 2.78. The van der Waals surface area contributed by atoms with Crippen LogP contribution in [0.5, 0.6) is 0 Å². The SMILES string of the molecule is Cc1nc(CCc2cccnc2)n(C(C)(C)C)n1. The minimum absolute atomic E-state index is 0.0223. The number of aromatic nitrogens is 4. The van der Waals surface area contributed by atoms with Crippen LogP contribution in [0, 0.1) is 6.92 Å². The summed E-state index contributed by atoms with van der Waals surface area (Å²) in [6.07, 6.45) is 5.54. The van der Waals surface area contributed by atoms with Gasteiger partial charge in [0.2, 0.25) is 0 Å². The Bertz CT molecular complexity index is 508. The number of aryl methyl sites for hydroxylation is 3. The lowest BCUT2D eigenvalue weighted by Gasteiger charge is -2.21. The summed E-state index contributed by atoms with van der Waals surface area (Å²) in [7, 11) is 0. The van der Waals surface area contributed by atoms with Crippen molar-refractivity contribution < 1.29 is 0 Å². The van der Waals surface area contributed by atoms with Crippen LogP contribution >= 0.6 is 0 Å². The summed E-state index contributed by atoms with van der Waals surface area (Å²) >= 11 is 0. The molecule has 18 heavy (non-hydrogen) atoms. The van der Waals surface area contributed by atoms with Gasteiger partial charge in [-0.3, -0.25) is 4.98 Å². The van der Waals surface area contributed by atoms with Gasteiger partial charge in [0.15, 0.2) is 0 Å². The molecule has 2 heterocycles. The molecule has 2 aromatic rings. The monoisotopic (exact) mass is 244 g/mol. The van der Waals surface area contributed by atoms with Gasteiger partial charge in [-0.1, -0.05) is 6.07 Å². The fraction of sp³-hybridized carbons (Fsp3) is 0.500. The zero-order valence-electron chi connectivity index (χ0n) is 11.5. The standard InChI is InChI=1S/C14H20N4/c1-11-16-13(18(17-11)14(2,3)4)8-7-12-6-5-9-15-10-12/h5-6,9-10H,7-8H2,1-4H3. The van der Waals surface area contributed by atoms with Crippen molar-refractivity contribution in [3.8, 4) is 0 Å². The minimum atomic E-state index is -0.0223. The first-order valence-corrected chi connectivity index (χ1v) is 6.29. The summed E-state index contributed by atoms with van der Waals surface area (Å²) in [6.45, 7) is 8.38. The zero-order chi connectivity index (χ0) is 13.2. The van der Waals surface area contributed by atoms with Gasteiger partial charge >= 0.3 is 0 Å². The van der Waals surface area contributed by atoms with Crippen molar-refractivity contribution >= 4 is 0 Å². The van der Waals surface area contributed by atoms with E-state index in [4.69, 9.17) is 0 Å². The Morgan fingerprint density at radius 1 is 1.22 bits per heavy atom. The highest BCUT2D eigenvalue weighted by Gasteiger charge is 2.19. The summed E-state index contributed by atoms with van der Waals surface area (Å²) in [5.41, 5.74) is 1.21. The Labute approximate surface area is 108 Å². The molecule has 0 radical (unpaired) electrons. The normalized spacial score (nSPS) is 11.8. The van der Waals surface area contributed by atoms with Gasteiger partial charge in [-0.25, -0.2) is 9.67 Å². The highest BCUT2D eigenvalue weighted by Crippen LogP contribution is 2.16. The molecule has 0 unspecified atom stereocenters. The molecule has 0 spiro atoms. The number of nitrogens with zero attached hydrogens (tertiary/aromatic N) is 4. The average molecular weight is 244 g/mol. The molecule has 0 fully saturated rings. The van der Waals surface area contributed by atoms with Crippen LogP contribution < -0.4 is 0 Å². The first-order valence-electron chi connectivity index (χ1n) is 6.29. The molecular weight excluding hydrogens is 224 g/mol. The predicted octanol–water partition coefficient (Wildman–Crippen LogP) is 2.52. The Kier molecular flexibility index (Phi) is 3.45. The van der Waals surface area contributed by atoms with Crippen molar-refractivity contribution in [3.63, 3.8) is 0 Å². The van der Waals surface area contributed by atoms with Crippen molar-refractivity contribution in [3.05, 3.63) is 41.7 Å². The second-order valence-electron chi connectivity index (χ2n) is 5.52. The van der Waals surface area contributed by atoms with Crippen LogP contribution in [-0.2, 0) is 18.4 Å². The predicted molar refractivity (Wildman–Crippen MR) is 71.4 cm³/mol. The molecule has 96 valence electrons. The molecule has 0 aliphatic heterocycles. The summed E-state index contributed by atoms with van der Waals surface area (Å²) in [4.78, 5) is 8.65. The molecule has 0 atom stereocenters. The molecule has 0 bridgehead atoms. The van der Waals surface area contributed by atoms with E-state index < -0.39 is 0 Å². The third kappa shape index (κ3) is 2.94. The first-order chi connectivity index (χ1) is 8.47. The Morgan fingerprint density at radius 3 is 2.61 bits per heavy atom.